The number of ether oxygens (including phenoxy) is 1. The molecule has 0 fully saturated rings. The summed E-state index contributed by atoms with van der Waals surface area (Å²) in [5, 5.41) is 9.22. The van der Waals surface area contributed by atoms with Gasteiger partial charge in [-0.3, -0.25) is 14.3 Å². The van der Waals surface area contributed by atoms with Crippen LogP contribution in [0.1, 0.15) is 20.8 Å². The van der Waals surface area contributed by atoms with Gasteiger partial charge in [-0.25, -0.2) is 0 Å². The Morgan fingerprint density at radius 1 is 1.12 bits per heavy atom. The van der Waals surface area contributed by atoms with Crippen molar-refractivity contribution in [2.75, 3.05) is 5.75 Å². The molecule has 26 heavy (non-hydrogen) atoms. The fourth-order valence-corrected chi connectivity index (χ4v) is 3.08. The summed E-state index contributed by atoms with van der Waals surface area (Å²) in [6.07, 6.45) is 3.46. The Bertz CT molecular complexity index is 874. The number of esters is 1. The zero-order chi connectivity index (χ0) is 18.6. The fourth-order valence-electron chi connectivity index (χ4n) is 2.35. The average Bonchev–Trinajstić information content (AvgIpc) is 3.04. The number of hydrogen-bond acceptors (Lipinski definition) is 6. The normalized spacial score (nSPS) is 11.3. The summed E-state index contributed by atoms with van der Waals surface area (Å²) in [6.45, 7) is 5.55. The van der Waals surface area contributed by atoms with Gasteiger partial charge in [-0.05, 0) is 45.0 Å². The summed E-state index contributed by atoms with van der Waals surface area (Å²) >= 11 is 1.30. The number of carbonyl (C=O) groups is 1. The predicted molar refractivity (Wildman–Crippen MR) is 101 cm³/mol. The van der Waals surface area contributed by atoms with E-state index in [2.05, 4.69) is 15.2 Å². The molecule has 0 saturated heterocycles. The number of hydrogen-bond donors (Lipinski definition) is 0. The van der Waals surface area contributed by atoms with Crippen LogP contribution in [0, 0.1) is 0 Å². The smallest absolute Gasteiger partial charge is 0.316 e. The third-order valence-corrected chi connectivity index (χ3v) is 4.21. The summed E-state index contributed by atoms with van der Waals surface area (Å²) in [5.41, 5.74) is 1.27. The van der Waals surface area contributed by atoms with Crippen LogP contribution in [0.25, 0.3) is 17.1 Å². The molecule has 0 aliphatic rings. The number of rotatable bonds is 5. The fraction of sp³-hybridized carbons (Fsp3) is 0.263. The maximum atomic E-state index is 12.0. The molecule has 0 atom stereocenters. The van der Waals surface area contributed by atoms with Crippen molar-refractivity contribution in [3.8, 4) is 17.1 Å². The molecule has 3 rings (SSSR count). The predicted octanol–water partition coefficient (Wildman–Crippen LogP) is 3.76. The molecule has 1 aromatic carbocycles. The van der Waals surface area contributed by atoms with Crippen molar-refractivity contribution < 1.29 is 9.53 Å². The second-order valence-corrected chi connectivity index (χ2v) is 7.54. The van der Waals surface area contributed by atoms with Gasteiger partial charge in [0.25, 0.3) is 0 Å². The first-order valence-electron chi connectivity index (χ1n) is 8.20. The largest absolute Gasteiger partial charge is 0.459 e. The highest BCUT2D eigenvalue weighted by molar-refractivity contribution is 7.99. The van der Waals surface area contributed by atoms with Gasteiger partial charge in [0.15, 0.2) is 11.0 Å². The van der Waals surface area contributed by atoms with Crippen LogP contribution in [-0.2, 0) is 9.53 Å². The molecule has 2 aromatic heterocycles. The van der Waals surface area contributed by atoms with E-state index in [0.717, 1.165) is 11.3 Å². The topological polar surface area (TPSA) is 69.9 Å². The van der Waals surface area contributed by atoms with Crippen LogP contribution >= 0.6 is 11.8 Å². The Morgan fingerprint density at radius 3 is 2.54 bits per heavy atom. The molecule has 0 N–H and O–H groups in total. The lowest BCUT2D eigenvalue weighted by Gasteiger charge is -2.19. The quantitative estimate of drug-likeness (QED) is 0.504. The number of thioether (sulfide) groups is 1. The molecular weight excluding hydrogens is 348 g/mol. The Morgan fingerprint density at radius 2 is 1.88 bits per heavy atom. The number of carbonyl (C=O) groups excluding carboxylic acids is 1. The van der Waals surface area contributed by atoms with Crippen LogP contribution in [0.5, 0.6) is 0 Å². The van der Waals surface area contributed by atoms with Crippen molar-refractivity contribution in [3.63, 3.8) is 0 Å². The van der Waals surface area contributed by atoms with Crippen molar-refractivity contribution in [3.05, 3.63) is 54.9 Å². The number of nitrogens with zero attached hydrogens (tertiary/aromatic N) is 4. The van der Waals surface area contributed by atoms with Crippen molar-refractivity contribution in [2.24, 2.45) is 0 Å². The molecule has 0 aliphatic heterocycles. The molecule has 0 saturated carbocycles. The van der Waals surface area contributed by atoms with Crippen LogP contribution in [0.4, 0.5) is 0 Å². The first-order valence-corrected chi connectivity index (χ1v) is 9.18. The third kappa shape index (κ3) is 4.49. The van der Waals surface area contributed by atoms with E-state index < -0.39 is 5.60 Å². The summed E-state index contributed by atoms with van der Waals surface area (Å²) < 4.78 is 7.29. The molecule has 0 unspecified atom stereocenters. The van der Waals surface area contributed by atoms with Gasteiger partial charge < -0.3 is 4.74 Å². The third-order valence-electron chi connectivity index (χ3n) is 3.31. The van der Waals surface area contributed by atoms with E-state index in [-0.39, 0.29) is 11.7 Å². The summed E-state index contributed by atoms with van der Waals surface area (Å²) in [6, 6.07) is 13.6. The van der Waals surface area contributed by atoms with E-state index in [1.54, 1.807) is 12.4 Å². The first-order chi connectivity index (χ1) is 12.4. The lowest BCUT2D eigenvalue weighted by molar-refractivity contribution is -0.151. The standard InChI is InChI=1S/C19H20N4O2S/c1-19(2,3)25-16(24)13-26-18-22-21-17(14-8-7-11-20-12-14)23(18)15-9-5-4-6-10-15/h4-12H,13H2,1-3H3. The van der Waals surface area contributed by atoms with E-state index in [1.807, 2.05) is 67.8 Å². The molecule has 0 amide bonds. The minimum atomic E-state index is -0.508. The molecule has 134 valence electrons. The Kier molecular flexibility index (Phi) is 5.37. The molecule has 0 aliphatic carbocycles. The van der Waals surface area contributed by atoms with Gasteiger partial charge in [0.05, 0.1) is 5.75 Å². The molecule has 0 radical (unpaired) electrons. The van der Waals surface area contributed by atoms with E-state index in [9.17, 15) is 4.79 Å². The van der Waals surface area contributed by atoms with Gasteiger partial charge >= 0.3 is 5.97 Å². The van der Waals surface area contributed by atoms with Crippen LogP contribution in [0.3, 0.4) is 0 Å². The van der Waals surface area contributed by atoms with E-state index in [0.29, 0.717) is 11.0 Å². The first kappa shape index (κ1) is 18.1. The zero-order valence-electron chi connectivity index (χ0n) is 14.9. The molecular formula is C19H20N4O2S. The van der Waals surface area contributed by atoms with Gasteiger partial charge in [-0.1, -0.05) is 30.0 Å². The molecule has 0 bridgehead atoms. The molecule has 6 nitrogen and oxygen atoms in total. The zero-order valence-corrected chi connectivity index (χ0v) is 15.7. The summed E-state index contributed by atoms with van der Waals surface area (Å²) in [5.74, 6) is 0.555. The molecule has 7 heteroatoms. The highest BCUT2D eigenvalue weighted by atomic mass is 32.2. The number of aromatic nitrogens is 4. The lowest BCUT2D eigenvalue weighted by Crippen LogP contribution is -2.25. The molecule has 3 aromatic rings. The van der Waals surface area contributed by atoms with Crippen molar-refractivity contribution in [1.29, 1.82) is 0 Å². The van der Waals surface area contributed by atoms with E-state index >= 15 is 0 Å². The minimum absolute atomic E-state index is 0.162. The maximum absolute atomic E-state index is 12.0. The maximum Gasteiger partial charge on any atom is 0.316 e. The summed E-state index contributed by atoms with van der Waals surface area (Å²) in [7, 11) is 0. The van der Waals surface area contributed by atoms with Crippen LogP contribution < -0.4 is 0 Å². The van der Waals surface area contributed by atoms with Crippen molar-refractivity contribution in [1.82, 2.24) is 19.7 Å². The Hall–Kier alpha value is -2.67. The van der Waals surface area contributed by atoms with Gasteiger partial charge in [0.2, 0.25) is 0 Å². The van der Waals surface area contributed by atoms with Crippen LogP contribution in [-0.4, -0.2) is 37.1 Å². The Labute approximate surface area is 156 Å². The molecule has 2 heterocycles. The van der Waals surface area contributed by atoms with E-state index in [4.69, 9.17) is 4.74 Å². The Balaban J connectivity index is 1.91. The molecule has 0 spiro atoms. The van der Waals surface area contributed by atoms with Gasteiger partial charge in [-0.2, -0.15) is 0 Å². The lowest BCUT2D eigenvalue weighted by atomic mass is 10.2. The van der Waals surface area contributed by atoms with E-state index in [1.165, 1.54) is 11.8 Å². The second kappa shape index (κ2) is 7.70. The van der Waals surface area contributed by atoms with Gasteiger partial charge in [0.1, 0.15) is 5.60 Å². The number of para-hydroxylation sites is 1. The highest BCUT2D eigenvalue weighted by Gasteiger charge is 2.20. The summed E-state index contributed by atoms with van der Waals surface area (Å²) in [4.78, 5) is 16.2. The second-order valence-electron chi connectivity index (χ2n) is 6.59. The number of pyridine rings is 1. The van der Waals surface area contributed by atoms with Gasteiger partial charge in [0, 0.05) is 23.6 Å². The number of benzene rings is 1. The SMILES string of the molecule is CC(C)(C)OC(=O)CSc1nnc(-c2cccnc2)n1-c1ccccc1. The minimum Gasteiger partial charge on any atom is -0.459 e. The average molecular weight is 368 g/mol. The van der Waals surface area contributed by atoms with Crippen molar-refractivity contribution >= 4 is 17.7 Å². The van der Waals surface area contributed by atoms with Crippen LogP contribution in [0.15, 0.2) is 60.0 Å². The van der Waals surface area contributed by atoms with Crippen molar-refractivity contribution in [2.45, 2.75) is 31.5 Å². The monoisotopic (exact) mass is 368 g/mol. The highest BCUT2D eigenvalue weighted by Crippen LogP contribution is 2.27. The van der Waals surface area contributed by atoms with Crippen LogP contribution in [0.2, 0.25) is 0 Å². The van der Waals surface area contributed by atoms with Gasteiger partial charge in [-0.15, -0.1) is 10.2 Å².